The molecule has 0 saturated carbocycles. The first-order valence-corrected chi connectivity index (χ1v) is 13.2. The highest BCUT2D eigenvalue weighted by atomic mass is 35.5. The Morgan fingerprint density at radius 1 is 0.949 bits per heavy atom. The van der Waals surface area contributed by atoms with Crippen molar-refractivity contribution in [1.82, 2.24) is 10.5 Å². The topological polar surface area (TPSA) is 113 Å². The minimum atomic E-state index is -0.534. The largest absolute Gasteiger partial charge is 0.360 e. The van der Waals surface area contributed by atoms with Gasteiger partial charge in [0.2, 0.25) is 5.91 Å². The number of thioether (sulfide) groups is 1. The lowest BCUT2D eigenvalue weighted by Crippen LogP contribution is -2.30. The molecule has 1 aromatic heterocycles. The zero-order valence-corrected chi connectivity index (χ0v) is 22.7. The molecule has 1 heterocycles. The summed E-state index contributed by atoms with van der Waals surface area (Å²) < 4.78 is 4.98. The van der Waals surface area contributed by atoms with Crippen molar-refractivity contribution in [2.45, 2.75) is 24.0 Å². The van der Waals surface area contributed by atoms with Gasteiger partial charge in [0.25, 0.3) is 11.8 Å². The fraction of sp³-hybridized carbons (Fsp3) is 0.103. The Kier molecular flexibility index (Phi) is 9.19. The molecule has 0 bridgehead atoms. The number of amides is 3. The molecule has 1 unspecified atom stereocenters. The van der Waals surface area contributed by atoms with Gasteiger partial charge in [-0.2, -0.15) is 0 Å². The molecule has 10 heteroatoms. The number of benzene rings is 3. The summed E-state index contributed by atoms with van der Waals surface area (Å²) in [5, 5.41) is 12.0. The summed E-state index contributed by atoms with van der Waals surface area (Å²) in [6.45, 7) is 3.50. The van der Waals surface area contributed by atoms with Gasteiger partial charge in [0.05, 0.1) is 5.25 Å². The normalized spacial score (nSPS) is 11.9. The molecule has 198 valence electrons. The van der Waals surface area contributed by atoms with E-state index in [-0.39, 0.29) is 11.6 Å². The van der Waals surface area contributed by atoms with Crippen LogP contribution in [-0.2, 0) is 9.59 Å². The third-order valence-corrected chi connectivity index (χ3v) is 6.83. The summed E-state index contributed by atoms with van der Waals surface area (Å²) in [5.41, 5.74) is 1.49. The number of carbonyl (C=O) groups excluding carboxylic acids is 3. The first-order valence-electron chi connectivity index (χ1n) is 11.9. The summed E-state index contributed by atoms with van der Waals surface area (Å²) in [6.07, 6.45) is 1.52. The number of nitrogens with zero attached hydrogens (tertiary/aromatic N) is 1. The van der Waals surface area contributed by atoms with E-state index in [2.05, 4.69) is 21.1 Å². The monoisotopic (exact) mass is 560 g/mol. The first kappa shape index (κ1) is 27.7. The van der Waals surface area contributed by atoms with Crippen LogP contribution in [-0.4, -0.2) is 28.1 Å². The molecule has 39 heavy (non-hydrogen) atoms. The van der Waals surface area contributed by atoms with Gasteiger partial charge >= 0.3 is 0 Å². The van der Waals surface area contributed by atoms with Gasteiger partial charge in [-0.3, -0.25) is 14.4 Å². The maximum absolute atomic E-state index is 13.3. The zero-order chi connectivity index (χ0) is 27.8. The predicted octanol–water partition coefficient (Wildman–Crippen LogP) is 6.17. The fourth-order valence-electron chi connectivity index (χ4n) is 3.45. The van der Waals surface area contributed by atoms with Crippen molar-refractivity contribution in [2.24, 2.45) is 0 Å². The van der Waals surface area contributed by atoms with Crippen molar-refractivity contribution in [3.63, 3.8) is 0 Å². The molecule has 1 atom stereocenters. The zero-order valence-electron chi connectivity index (χ0n) is 21.1. The number of nitrogens with one attached hydrogen (secondary N) is 3. The second-order valence-corrected chi connectivity index (χ2v) is 10.3. The van der Waals surface area contributed by atoms with Crippen LogP contribution < -0.4 is 16.0 Å². The molecule has 4 aromatic rings. The minimum absolute atomic E-state index is 0.0191. The molecule has 3 N–H and O–H groups in total. The van der Waals surface area contributed by atoms with E-state index in [1.54, 1.807) is 92.7 Å². The van der Waals surface area contributed by atoms with Gasteiger partial charge in [0.1, 0.15) is 11.5 Å². The van der Waals surface area contributed by atoms with E-state index in [1.807, 2.05) is 6.07 Å². The van der Waals surface area contributed by atoms with Crippen molar-refractivity contribution < 1.29 is 18.9 Å². The second-order valence-electron chi connectivity index (χ2n) is 8.45. The molecular weight excluding hydrogens is 536 g/mol. The Hall–Kier alpha value is -4.34. The molecule has 4 rings (SSSR count). The number of anilines is 2. The van der Waals surface area contributed by atoms with Crippen LogP contribution >= 0.6 is 23.4 Å². The highest BCUT2D eigenvalue weighted by Gasteiger charge is 2.18. The smallest absolute Gasteiger partial charge is 0.272 e. The van der Waals surface area contributed by atoms with Gasteiger partial charge < -0.3 is 20.5 Å². The van der Waals surface area contributed by atoms with E-state index in [1.165, 1.54) is 17.8 Å². The van der Waals surface area contributed by atoms with Crippen LogP contribution in [0.2, 0.25) is 5.02 Å². The van der Waals surface area contributed by atoms with E-state index in [0.29, 0.717) is 33.4 Å². The molecule has 3 aromatic carbocycles. The standard InChI is InChI=1S/C29H25ClN4O4S/c1-18-15-26(34-38-18)33-27(35)19(2)39-23-13-8-12-22(17-23)31-29(37)25(16-21-11-6-7-14-24(21)30)32-28(36)20-9-4-3-5-10-20/h3-17,19H,1-2H3,(H,31,37)(H,32,36)(H,33,34,35)/b25-16+. The van der Waals surface area contributed by atoms with Gasteiger partial charge in [-0.25, -0.2) is 0 Å². The third-order valence-electron chi connectivity index (χ3n) is 5.39. The third kappa shape index (κ3) is 7.83. The molecular formula is C29H25ClN4O4S. The number of aromatic nitrogens is 1. The van der Waals surface area contributed by atoms with Crippen LogP contribution in [0.1, 0.15) is 28.6 Å². The Morgan fingerprint density at radius 3 is 2.41 bits per heavy atom. The summed E-state index contributed by atoms with van der Waals surface area (Å²) in [7, 11) is 0. The molecule has 0 aliphatic heterocycles. The summed E-state index contributed by atoms with van der Waals surface area (Å²) in [5.74, 6) is -0.265. The summed E-state index contributed by atoms with van der Waals surface area (Å²) in [6, 6.07) is 24.3. The van der Waals surface area contributed by atoms with Gasteiger partial charge in [-0.05, 0) is 61.9 Å². The van der Waals surface area contributed by atoms with E-state index < -0.39 is 17.1 Å². The van der Waals surface area contributed by atoms with Crippen LogP contribution in [0.3, 0.4) is 0 Å². The number of aryl methyl sites for hydroxylation is 1. The molecule has 0 aliphatic rings. The fourth-order valence-corrected chi connectivity index (χ4v) is 4.56. The molecule has 0 spiro atoms. The van der Waals surface area contributed by atoms with Crippen LogP contribution in [0, 0.1) is 6.92 Å². The molecule has 0 radical (unpaired) electrons. The second kappa shape index (κ2) is 12.9. The Bertz CT molecular complexity index is 1520. The van der Waals surface area contributed by atoms with Gasteiger partial charge in [0.15, 0.2) is 5.82 Å². The van der Waals surface area contributed by atoms with Crippen LogP contribution in [0.5, 0.6) is 0 Å². The van der Waals surface area contributed by atoms with Crippen molar-refractivity contribution >= 4 is 58.7 Å². The van der Waals surface area contributed by atoms with Gasteiger partial charge in [-0.1, -0.05) is 59.2 Å². The van der Waals surface area contributed by atoms with Crippen molar-refractivity contribution in [1.29, 1.82) is 0 Å². The average molecular weight is 561 g/mol. The first-order chi connectivity index (χ1) is 18.8. The Balaban J connectivity index is 1.49. The summed E-state index contributed by atoms with van der Waals surface area (Å²) >= 11 is 7.62. The maximum Gasteiger partial charge on any atom is 0.272 e. The Morgan fingerprint density at radius 2 is 1.69 bits per heavy atom. The van der Waals surface area contributed by atoms with Gasteiger partial charge in [-0.15, -0.1) is 11.8 Å². The lowest BCUT2D eigenvalue weighted by atomic mass is 10.1. The molecule has 0 saturated heterocycles. The molecule has 0 aliphatic carbocycles. The van der Waals surface area contributed by atoms with Crippen molar-refractivity contribution in [3.8, 4) is 0 Å². The van der Waals surface area contributed by atoms with E-state index >= 15 is 0 Å². The van der Waals surface area contributed by atoms with Crippen molar-refractivity contribution in [3.05, 3.63) is 113 Å². The number of hydrogen-bond donors (Lipinski definition) is 3. The minimum Gasteiger partial charge on any atom is -0.360 e. The maximum atomic E-state index is 13.3. The molecule has 8 nitrogen and oxygen atoms in total. The van der Waals surface area contributed by atoms with E-state index in [9.17, 15) is 14.4 Å². The number of carbonyl (C=O) groups is 3. The highest BCUT2D eigenvalue weighted by molar-refractivity contribution is 8.00. The predicted molar refractivity (Wildman–Crippen MR) is 154 cm³/mol. The van der Waals surface area contributed by atoms with Crippen LogP contribution in [0.4, 0.5) is 11.5 Å². The lowest BCUT2D eigenvalue weighted by Gasteiger charge is -2.14. The van der Waals surface area contributed by atoms with Crippen LogP contribution in [0.25, 0.3) is 6.08 Å². The van der Waals surface area contributed by atoms with E-state index in [0.717, 1.165) is 4.90 Å². The highest BCUT2D eigenvalue weighted by Crippen LogP contribution is 2.27. The quantitative estimate of drug-likeness (QED) is 0.167. The SMILES string of the molecule is Cc1cc(NC(=O)C(C)Sc2cccc(NC(=O)/C(=C\c3ccccc3Cl)NC(=O)c3ccccc3)c2)no1. The molecule has 0 fully saturated rings. The summed E-state index contributed by atoms with van der Waals surface area (Å²) in [4.78, 5) is 39.5. The Labute approximate surface area is 234 Å². The number of hydrogen-bond acceptors (Lipinski definition) is 6. The van der Waals surface area contributed by atoms with Crippen molar-refractivity contribution in [2.75, 3.05) is 10.6 Å². The van der Waals surface area contributed by atoms with Gasteiger partial charge in [0, 0.05) is 27.2 Å². The van der Waals surface area contributed by atoms with E-state index in [4.69, 9.17) is 16.1 Å². The lowest BCUT2D eigenvalue weighted by molar-refractivity contribution is -0.115. The average Bonchev–Trinajstić information content (AvgIpc) is 3.34. The number of halogens is 1. The number of rotatable bonds is 9. The molecule has 3 amide bonds. The van der Waals surface area contributed by atoms with Crippen LogP contribution in [0.15, 0.2) is 100 Å².